The molecular formula is C19H20O4. The summed E-state index contributed by atoms with van der Waals surface area (Å²) in [6, 6.07) is 16.9. The summed E-state index contributed by atoms with van der Waals surface area (Å²) in [4.78, 5) is 24.0. The van der Waals surface area contributed by atoms with Crippen LogP contribution in [0.15, 0.2) is 54.6 Å². The Labute approximate surface area is 136 Å². The Morgan fingerprint density at radius 1 is 0.870 bits per heavy atom. The topological polar surface area (TPSA) is 52.6 Å². The molecule has 0 N–H and O–H groups in total. The van der Waals surface area contributed by atoms with Gasteiger partial charge in [-0.15, -0.1) is 0 Å². The van der Waals surface area contributed by atoms with Crippen molar-refractivity contribution in [2.45, 2.75) is 12.8 Å². The van der Waals surface area contributed by atoms with Crippen LogP contribution in [0.3, 0.4) is 0 Å². The molecule has 0 aromatic heterocycles. The molecule has 1 atom stereocenters. The van der Waals surface area contributed by atoms with Gasteiger partial charge in [0.1, 0.15) is 0 Å². The third kappa shape index (κ3) is 4.42. The third-order valence-corrected chi connectivity index (χ3v) is 3.75. The van der Waals surface area contributed by atoms with Gasteiger partial charge >= 0.3 is 11.9 Å². The highest BCUT2D eigenvalue weighted by Crippen LogP contribution is 2.19. The maximum absolute atomic E-state index is 12.1. The van der Waals surface area contributed by atoms with E-state index in [-0.39, 0.29) is 11.9 Å². The first-order valence-corrected chi connectivity index (χ1v) is 7.43. The largest absolute Gasteiger partial charge is 0.469 e. The smallest absolute Gasteiger partial charge is 0.338 e. The van der Waals surface area contributed by atoms with Crippen LogP contribution in [0, 0.1) is 5.92 Å². The highest BCUT2D eigenvalue weighted by atomic mass is 16.5. The van der Waals surface area contributed by atoms with Crippen molar-refractivity contribution in [1.29, 1.82) is 0 Å². The first-order valence-electron chi connectivity index (χ1n) is 7.43. The molecule has 0 unspecified atom stereocenters. The van der Waals surface area contributed by atoms with Gasteiger partial charge in [-0.05, 0) is 30.0 Å². The first-order chi connectivity index (χ1) is 11.2. The second-order valence-corrected chi connectivity index (χ2v) is 5.26. The number of carbonyl (C=O) groups is 2. The summed E-state index contributed by atoms with van der Waals surface area (Å²) in [5, 5.41) is 0. The predicted molar refractivity (Wildman–Crippen MR) is 87.1 cm³/mol. The molecule has 0 radical (unpaired) electrons. The number of hydrogen-bond donors (Lipinski definition) is 0. The minimum Gasteiger partial charge on any atom is -0.469 e. The Morgan fingerprint density at radius 3 is 2.17 bits per heavy atom. The van der Waals surface area contributed by atoms with Gasteiger partial charge in [0.25, 0.3) is 0 Å². The molecule has 0 heterocycles. The van der Waals surface area contributed by atoms with Gasteiger partial charge in [-0.3, -0.25) is 4.79 Å². The maximum atomic E-state index is 12.1. The number of hydrogen-bond acceptors (Lipinski definition) is 4. The van der Waals surface area contributed by atoms with Crippen LogP contribution in [0.25, 0.3) is 0 Å². The van der Waals surface area contributed by atoms with Crippen LogP contribution in [0.5, 0.6) is 0 Å². The summed E-state index contributed by atoms with van der Waals surface area (Å²) in [5.41, 5.74) is 2.32. The van der Waals surface area contributed by atoms with E-state index in [2.05, 4.69) is 0 Å². The Balaban J connectivity index is 2.25. The van der Waals surface area contributed by atoms with E-state index in [1.807, 2.05) is 42.5 Å². The lowest BCUT2D eigenvalue weighted by molar-refractivity contribution is -0.145. The number of carbonyl (C=O) groups excluding carboxylic acids is 2. The van der Waals surface area contributed by atoms with Crippen molar-refractivity contribution in [2.24, 2.45) is 5.92 Å². The molecule has 0 saturated carbocycles. The van der Waals surface area contributed by atoms with E-state index < -0.39 is 5.97 Å². The molecule has 23 heavy (non-hydrogen) atoms. The van der Waals surface area contributed by atoms with Gasteiger partial charge in [-0.25, -0.2) is 4.79 Å². The SMILES string of the molecule is COC(=O)c1ccccc1C[C@@H](Cc1ccccc1)C(=O)OC. The fraction of sp³-hybridized carbons (Fsp3) is 0.263. The predicted octanol–water partition coefficient (Wildman–Crippen LogP) is 3.05. The molecule has 0 saturated heterocycles. The lowest BCUT2D eigenvalue weighted by Gasteiger charge is -2.16. The lowest BCUT2D eigenvalue weighted by atomic mass is 9.90. The van der Waals surface area contributed by atoms with Gasteiger partial charge in [0.2, 0.25) is 0 Å². The first kappa shape index (κ1) is 16.7. The molecule has 0 aliphatic carbocycles. The van der Waals surface area contributed by atoms with Crippen LogP contribution >= 0.6 is 0 Å². The fourth-order valence-electron chi connectivity index (χ4n) is 2.58. The molecule has 0 bridgehead atoms. The summed E-state index contributed by atoms with van der Waals surface area (Å²) in [6.07, 6.45) is 0.982. The molecule has 0 aliphatic heterocycles. The Morgan fingerprint density at radius 2 is 1.52 bits per heavy atom. The van der Waals surface area contributed by atoms with Gasteiger partial charge < -0.3 is 9.47 Å². The maximum Gasteiger partial charge on any atom is 0.338 e. The third-order valence-electron chi connectivity index (χ3n) is 3.75. The normalized spacial score (nSPS) is 11.6. The molecule has 0 aliphatic rings. The minimum absolute atomic E-state index is 0.284. The Bertz CT molecular complexity index is 664. The van der Waals surface area contributed by atoms with Gasteiger partial charge in [-0.2, -0.15) is 0 Å². The standard InChI is InChI=1S/C19H20O4/c1-22-18(20)16(12-14-8-4-3-5-9-14)13-15-10-6-7-11-17(15)19(21)23-2/h3-11,16H,12-13H2,1-2H3/t16-/m1/s1. The van der Waals surface area contributed by atoms with Crippen molar-refractivity contribution in [1.82, 2.24) is 0 Å². The van der Waals surface area contributed by atoms with Crippen LogP contribution in [-0.2, 0) is 27.1 Å². The lowest BCUT2D eigenvalue weighted by Crippen LogP contribution is -2.22. The van der Waals surface area contributed by atoms with Crippen LogP contribution < -0.4 is 0 Å². The number of rotatable bonds is 6. The fourth-order valence-corrected chi connectivity index (χ4v) is 2.58. The Kier molecular flexibility index (Phi) is 5.92. The van der Waals surface area contributed by atoms with Gasteiger partial charge in [0.05, 0.1) is 25.7 Å². The van der Waals surface area contributed by atoms with E-state index in [0.29, 0.717) is 18.4 Å². The quantitative estimate of drug-likeness (QED) is 0.769. The molecule has 0 fully saturated rings. The highest BCUT2D eigenvalue weighted by molar-refractivity contribution is 5.91. The van der Waals surface area contributed by atoms with Crippen molar-refractivity contribution >= 4 is 11.9 Å². The van der Waals surface area contributed by atoms with Crippen molar-refractivity contribution < 1.29 is 19.1 Å². The van der Waals surface area contributed by atoms with Gasteiger partial charge in [-0.1, -0.05) is 48.5 Å². The molecule has 2 rings (SSSR count). The molecular weight excluding hydrogens is 292 g/mol. The summed E-state index contributed by atoms with van der Waals surface area (Å²) < 4.78 is 9.74. The zero-order valence-electron chi connectivity index (χ0n) is 13.3. The highest BCUT2D eigenvalue weighted by Gasteiger charge is 2.23. The number of methoxy groups -OCH3 is 2. The molecule has 4 heteroatoms. The van der Waals surface area contributed by atoms with E-state index in [0.717, 1.165) is 11.1 Å². The van der Waals surface area contributed by atoms with Crippen molar-refractivity contribution in [3.63, 3.8) is 0 Å². The van der Waals surface area contributed by atoms with Gasteiger partial charge in [0.15, 0.2) is 0 Å². The monoisotopic (exact) mass is 312 g/mol. The molecule has 4 nitrogen and oxygen atoms in total. The van der Waals surface area contributed by atoms with E-state index in [9.17, 15) is 9.59 Å². The summed E-state index contributed by atoms with van der Waals surface area (Å²) in [6.45, 7) is 0. The van der Waals surface area contributed by atoms with E-state index in [4.69, 9.17) is 9.47 Å². The number of esters is 2. The molecule has 2 aromatic carbocycles. The van der Waals surface area contributed by atoms with Crippen molar-refractivity contribution in [2.75, 3.05) is 14.2 Å². The van der Waals surface area contributed by atoms with Crippen LogP contribution in [0.1, 0.15) is 21.5 Å². The minimum atomic E-state index is -0.399. The average Bonchev–Trinajstić information content (AvgIpc) is 2.61. The summed E-state index contributed by atoms with van der Waals surface area (Å²) in [7, 11) is 2.73. The average molecular weight is 312 g/mol. The molecule has 2 aromatic rings. The van der Waals surface area contributed by atoms with E-state index >= 15 is 0 Å². The molecule has 120 valence electrons. The van der Waals surface area contributed by atoms with Gasteiger partial charge in [0, 0.05) is 0 Å². The summed E-state index contributed by atoms with van der Waals surface area (Å²) in [5.74, 6) is -1.04. The van der Waals surface area contributed by atoms with Crippen LogP contribution in [-0.4, -0.2) is 26.2 Å². The number of benzene rings is 2. The second kappa shape index (κ2) is 8.13. The van der Waals surface area contributed by atoms with E-state index in [1.165, 1.54) is 14.2 Å². The number of ether oxygens (including phenoxy) is 2. The van der Waals surface area contributed by atoms with Crippen molar-refractivity contribution in [3.8, 4) is 0 Å². The van der Waals surface area contributed by atoms with Crippen LogP contribution in [0.4, 0.5) is 0 Å². The zero-order valence-corrected chi connectivity index (χ0v) is 13.3. The molecule has 0 amide bonds. The molecule has 0 spiro atoms. The zero-order chi connectivity index (χ0) is 16.7. The Hall–Kier alpha value is -2.62. The van der Waals surface area contributed by atoms with E-state index in [1.54, 1.807) is 12.1 Å². The summed E-state index contributed by atoms with van der Waals surface area (Å²) >= 11 is 0. The van der Waals surface area contributed by atoms with Crippen LogP contribution in [0.2, 0.25) is 0 Å². The second-order valence-electron chi connectivity index (χ2n) is 5.26. The van der Waals surface area contributed by atoms with Crippen molar-refractivity contribution in [3.05, 3.63) is 71.3 Å².